The van der Waals surface area contributed by atoms with E-state index in [1.807, 2.05) is 0 Å². The van der Waals surface area contributed by atoms with E-state index in [0.717, 1.165) is 6.42 Å². The summed E-state index contributed by atoms with van der Waals surface area (Å²) in [5, 5.41) is 11.0. The zero-order valence-corrected chi connectivity index (χ0v) is 12.9. The molecular formula is C19H17NO4. The first kappa shape index (κ1) is 17.2. The van der Waals surface area contributed by atoms with E-state index in [0.29, 0.717) is 6.54 Å². The predicted molar refractivity (Wildman–Crippen MR) is 91.2 cm³/mol. The van der Waals surface area contributed by atoms with Gasteiger partial charge in [-0.05, 0) is 34.8 Å². The van der Waals surface area contributed by atoms with Crippen molar-refractivity contribution < 1.29 is 20.2 Å². The molecule has 5 nitrogen and oxygen atoms in total. The average molecular weight is 323 g/mol. The fraction of sp³-hybridized carbons (Fsp3) is 0.105. The molecule has 0 unspecified atom stereocenters. The highest BCUT2D eigenvalue weighted by molar-refractivity contribution is 5.95. The van der Waals surface area contributed by atoms with E-state index >= 15 is 0 Å². The minimum Gasteiger partial charge on any atom is -0.478 e. The molecule has 122 valence electrons. The van der Waals surface area contributed by atoms with Gasteiger partial charge in [0, 0.05) is 6.54 Å². The lowest BCUT2D eigenvalue weighted by atomic mass is 10.1. The smallest absolute Gasteiger partial charge is 0.338 e. The van der Waals surface area contributed by atoms with E-state index in [2.05, 4.69) is 53.8 Å². The van der Waals surface area contributed by atoms with Crippen molar-refractivity contribution in [2.75, 3.05) is 6.54 Å². The van der Waals surface area contributed by atoms with Crippen molar-refractivity contribution in [3.63, 3.8) is 0 Å². The maximum absolute atomic E-state index is 10.3. The van der Waals surface area contributed by atoms with E-state index < -0.39 is 5.97 Å². The second-order valence-electron chi connectivity index (χ2n) is 5.27. The number of carboxylic acid groups (broad SMARTS) is 1. The molecule has 0 bridgehead atoms. The lowest BCUT2D eigenvalue weighted by Crippen LogP contribution is -2.10. The van der Waals surface area contributed by atoms with Gasteiger partial charge in [0.2, 0.25) is 0 Å². The highest BCUT2D eigenvalue weighted by Crippen LogP contribution is 2.35. The molecule has 1 heterocycles. The molecule has 0 aromatic heterocycles. The zero-order valence-electron chi connectivity index (χ0n) is 12.9. The van der Waals surface area contributed by atoms with Crippen molar-refractivity contribution in [1.29, 1.82) is 0 Å². The Morgan fingerprint density at radius 3 is 2.00 bits per heavy atom. The molecular weight excluding hydrogens is 306 g/mol. The van der Waals surface area contributed by atoms with E-state index in [1.165, 1.54) is 34.3 Å². The van der Waals surface area contributed by atoms with Gasteiger partial charge in [-0.1, -0.05) is 48.5 Å². The van der Waals surface area contributed by atoms with Crippen LogP contribution in [0, 0.1) is 0 Å². The highest BCUT2D eigenvalue weighted by atomic mass is 16.4. The number of nitrogens with one attached hydrogen (secondary N) is 1. The Morgan fingerprint density at radius 1 is 1.00 bits per heavy atom. The molecule has 0 amide bonds. The first-order valence-corrected chi connectivity index (χ1v) is 7.29. The predicted octanol–water partition coefficient (Wildman–Crippen LogP) is 1.75. The van der Waals surface area contributed by atoms with Crippen molar-refractivity contribution in [3.8, 4) is 11.1 Å². The number of carbonyl (C=O) groups excluding carboxylic acids is 1. The number of fused-ring (bicyclic) bond motifs is 3. The van der Waals surface area contributed by atoms with Crippen LogP contribution in [0.1, 0.15) is 11.1 Å². The number of carboxylic acids is 1. The lowest BCUT2D eigenvalue weighted by molar-refractivity contribution is -0.132. The highest BCUT2D eigenvalue weighted by Gasteiger charge is 2.18. The van der Waals surface area contributed by atoms with Crippen LogP contribution in [0.15, 0.2) is 65.9 Å². The number of carbonyl (C=O) groups is 1. The molecule has 0 fully saturated rings. The molecule has 1 aliphatic carbocycles. The SMILES string of the molecule is O.O=C=C1NCC=C1C(=O)O.c1ccc2c(c1)Cc1ccccc1-2. The minimum absolute atomic E-state index is 0. The second kappa shape index (κ2) is 7.42. The maximum Gasteiger partial charge on any atom is 0.338 e. The Morgan fingerprint density at radius 2 is 1.54 bits per heavy atom. The van der Waals surface area contributed by atoms with Crippen LogP contribution >= 0.6 is 0 Å². The van der Waals surface area contributed by atoms with Crippen LogP contribution in [0.5, 0.6) is 0 Å². The number of benzene rings is 2. The number of aliphatic carboxylic acids is 1. The van der Waals surface area contributed by atoms with Crippen molar-refractivity contribution in [3.05, 3.63) is 77.0 Å². The molecule has 0 radical (unpaired) electrons. The van der Waals surface area contributed by atoms with Gasteiger partial charge >= 0.3 is 5.97 Å². The molecule has 5 heteroatoms. The van der Waals surface area contributed by atoms with Crippen LogP contribution in [0.3, 0.4) is 0 Å². The van der Waals surface area contributed by atoms with Gasteiger partial charge in [-0.15, -0.1) is 0 Å². The van der Waals surface area contributed by atoms with Crippen LogP contribution in [0.2, 0.25) is 0 Å². The summed E-state index contributed by atoms with van der Waals surface area (Å²) in [6.07, 6.45) is 2.54. The standard InChI is InChI=1S/C13H10.C6H5NO3.H2O/c1-3-7-12-10(5-1)9-11-6-2-4-8-13(11)12;8-3-5-4(6(9)10)1-2-7-5;/h1-8H,9H2;1,7H,2H2,(H,9,10);1H2. The lowest BCUT2D eigenvalue weighted by Gasteiger charge is -1.98. The average Bonchev–Trinajstić information content (AvgIpc) is 3.19. The Kier molecular flexibility index (Phi) is 5.32. The molecule has 2 aromatic rings. The molecule has 4 N–H and O–H groups in total. The molecule has 24 heavy (non-hydrogen) atoms. The van der Waals surface area contributed by atoms with Gasteiger partial charge in [0.15, 0.2) is 5.94 Å². The Bertz CT molecular complexity index is 804. The van der Waals surface area contributed by atoms with Crippen LogP contribution in [-0.4, -0.2) is 29.0 Å². The second-order valence-corrected chi connectivity index (χ2v) is 5.27. The molecule has 2 aliphatic rings. The topological polar surface area (TPSA) is 97.9 Å². The van der Waals surface area contributed by atoms with Crippen LogP contribution in [0.4, 0.5) is 0 Å². The summed E-state index contributed by atoms with van der Waals surface area (Å²) in [5.74, 6) is 0.408. The fourth-order valence-corrected chi connectivity index (χ4v) is 2.82. The molecule has 0 saturated heterocycles. The van der Waals surface area contributed by atoms with Gasteiger partial charge in [0.25, 0.3) is 0 Å². The van der Waals surface area contributed by atoms with E-state index in [-0.39, 0.29) is 16.7 Å². The Hall–Kier alpha value is -3.14. The summed E-state index contributed by atoms with van der Waals surface area (Å²) in [7, 11) is 0. The number of rotatable bonds is 1. The summed E-state index contributed by atoms with van der Waals surface area (Å²) in [6.45, 7) is 0.395. The van der Waals surface area contributed by atoms with Gasteiger partial charge in [-0.3, -0.25) is 0 Å². The summed E-state index contributed by atoms with van der Waals surface area (Å²) in [4.78, 5) is 20.3. The van der Waals surface area contributed by atoms with Crippen LogP contribution < -0.4 is 5.32 Å². The third-order valence-electron chi connectivity index (χ3n) is 3.89. The summed E-state index contributed by atoms with van der Waals surface area (Å²) < 4.78 is 0. The van der Waals surface area contributed by atoms with Crippen LogP contribution in [-0.2, 0) is 16.0 Å². The zero-order chi connectivity index (χ0) is 16.2. The number of hydrogen-bond donors (Lipinski definition) is 2. The van der Waals surface area contributed by atoms with Crippen molar-refractivity contribution in [2.45, 2.75) is 6.42 Å². The normalized spacial score (nSPS) is 13.2. The monoisotopic (exact) mass is 323 g/mol. The van der Waals surface area contributed by atoms with E-state index in [4.69, 9.17) is 5.11 Å². The first-order valence-electron chi connectivity index (χ1n) is 7.29. The maximum atomic E-state index is 10.3. The minimum atomic E-state index is -1.09. The van der Waals surface area contributed by atoms with Crippen molar-refractivity contribution in [1.82, 2.24) is 5.32 Å². The van der Waals surface area contributed by atoms with Crippen molar-refractivity contribution in [2.24, 2.45) is 0 Å². The van der Waals surface area contributed by atoms with E-state index in [9.17, 15) is 9.59 Å². The molecule has 0 saturated carbocycles. The fourth-order valence-electron chi connectivity index (χ4n) is 2.82. The third kappa shape index (κ3) is 3.27. The summed E-state index contributed by atoms with van der Waals surface area (Å²) in [6, 6.07) is 17.3. The van der Waals surface area contributed by atoms with Gasteiger partial charge in [0.1, 0.15) is 5.70 Å². The molecule has 2 aromatic carbocycles. The summed E-state index contributed by atoms with van der Waals surface area (Å²) in [5.41, 5.74) is 5.80. The molecule has 0 atom stereocenters. The Labute approximate surface area is 139 Å². The quantitative estimate of drug-likeness (QED) is 0.667. The van der Waals surface area contributed by atoms with Gasteiger partial charge < -0.3 is 15.9 Å². The van der Waals surface area contributed by atoms with Gasteiger partial charge in [-0.25, -0.2) is 9.59 Å². The van der Waals surface area contributed by atoms with E-state index in [1.54, 1.807) is 0 Å². The summed E-state index contributed by atoms with van der Waals surface area (Å²) >= 11 is 0. The third-order valence-corrected chi connectivity index (χ3v) is 3.89. The Balaban J connectivity index is 0.000000173. The van der Waals surface area contributed by atoms with Gasteiger partial charge in [0.05, 0.1) is 5.57 Å². The first-order chi connectivity index (χ1) is 11.2. The number of hydrogen-bond acceptors (Lipinski definition) is 3. The van der Waals surface area contributed by atoms with Crippen molar-refractivity contribution >= 4 is 11.9 Å². The molecule has 1 aliphatic heterocycles. The van der Waals surface area contributed by atoms with Crippen LogP contribution in [0.25, 0.3) is 11.1 Å². The largest absolute Gasteiger partial charge is 0.478 e. The molecule has 0 spiro atoms. The molecule has 4 rings (SSSR count). The van der Waals surface area contributed by atoms with Gasteiger partial charge in [-0.2, -0.15) is 0 Å².